The number of hydrogen-bond acceptors (Lipinski definition) is 7. The molecule has 0 saturated carbocycles. The Bertz CT molecular complexity index is 1150. The zero-order valence-corrected chi connectivity index (χ0v) is 25.4. The fourth-order valence-electron chi connectivity index (χ4n) is 4.81. The molecule has 1 aliphatic heterocycles. The Labute approximate surface area is 249 Å². The molecule has 0 spiro atoms. The molecule has 230 valence electrons. The van der Waals surface area contributed by atoms with E-state index in [0.717, 1.165) is 30.6 Å². The van der Waals surface area contributed by atoms with Crippen LogP contribution in [0, 0.1) is 5.92 Å². The number of methoxy groups -OCH3 is 1. The van der Waals surface area contributed by atoms with Gasteiger partial charge in [0.25, 0.3) is 5.91 Å². The fourth-order valence-corrected chi connectivity index (χ4v) is 4.81. The number of ether oxygens (including phenoxy) is 4. The van der Waals surface area contributed by atoms with Crippen LogP contribution in [0.1, 0.15) is 67.6 Å². The van der Waals surface area contributed by atoms with Crippen LogP contribution in [-0.2, 0) is 18.9 Å². The number of carbonyl (C=O) groups is 3. The molecule has 2 aromatic carbocycles. The molecule has 3 rings (SSSR count). The lowest BCUT2D eigenvalue weighted by molar-refractivity contribution is 0.0112. The van der Waals surface area contributed by atoms with E-state index in [-0.39, 0.29) is 31.6 Å². The Kier molecular flexibility index (Phi) is 12.6. The Morgan fingerprint density at radius 1 is 1.05 bits per heavy atom. The predicted octanol–water partition coefficient (Wildman–Crippen LogP) is 4.93. The summed E-state index contributed by atoms with van der Waals surface area (Å²) in [5.41, 5.74) is 1.57. The minimum absolute atomic E-state index is 0.245. The van der Waals surface area contributed by atoms with Gasteiger partial charge < -0.3 is 34.5 Å². The van der Waals surface area contributed by atoms with Crippen LogP contribution in [0.5, 0.6) is 0 Å². The lowest BCUT2D eigenvalue weighted by Gasteiger charge is -2.34. The molecular weight excluding hydrogens is 538 g/mol. The SMILES string of the molecule is COC(=O)NCCOC(c1ccccc1)c1cccc(C(=O)NCC(CC2CCCOC2)N(C)C(=O)OC(C)(C)C)c1. The summed E-state index contributed by atoms with van der Waals surface area (Å²) in [7, 11) is 3.02. The van der Waals surface area contributed by atoms with Crippen LogP contribution in [0.3, 0.4) is 0 Å². The number of amides is 3. The Morgan fingerprint density at radius 3 is 2.45 bits per heavy atom. The quantitative estimate of drug-likeness (QED) is 0.341. The van der Waals surface area contributed by atoms with Gasteiger partial charge in [0.15, 0.2) is 0 Å². The van der Waals surface area contributed by atoms with Crippen LogP contribution in [-0.4, -0.2) is 81.7 Å². The van der Waals surface area contributed by atoms with Crippen molar-refractivity contribution < 1.29 is 33.3 Å². The summed E-state index contributed by atoms with van der Waals surface area (Å²) >= 11 is 0. The number of hydrogen-bond donors (Lipinski definition) is 2. The van der Waals surface area contributed by atoms with Crippen molar-refractivity contribution in [2.75, 3.05) is 47.1 Å². The highest BCUT2D eigenvalue weighted by atomic mass is 16.6. The molecule has 2 N–H and O–H groups in total. The first-order valence-corrected chi connectivity index (χ1v) is 14.5. The molecule has 0 aromatic heterocycles. The van der Waals surface area contributed by atoms with Crippen molar-refractivity contribution in [2.24, 2.45) is 5.92 Å². The van der Waals surface area contributed by atoms with E-state index in [2.05, 4.69) is 15.4 Å². The number of alkyl carbamates (subject to hydrolysis) is 1. The normalized spacial score (nSPS) is 16.5. The first-order chi connectivity index (χ1) is 20.1. The Balaban J connectivity index is 1.72. The van der Waals surface area contributed by atoms with Gasteiger partial charge in [-0.15, -0.1) is 0 Å². The first-order valence-electron chi connectivity index (χ1n) is 14.5. The van der Waals surface area contributed by atoms with E-state index in [0.29, 0.717) is 24.5 Å². The van der Waals surface area contributed by atoms with Crippen LogP contribution < -0.4 is 10.6 Å². The summed E-state index contributed by atoms with van der Waals surface area (Å²) in [4.78, 5) is 39.2. The molecule has 10 nitrogen and oxygen atoms in total. The molecule has 42 heavy (non-hydrogen) atoms. The molecule has 0 bridgehead atoms. The van der Waals surface area contributed by atoms with E-state index in [9.17, 15) is 14.4 Å². The number of rotatable bonds is 12. The van der Waals surface area contributed by atoms with E-state index < -0.39 is 23.9 Å². The van der Waals surface area contributed by atoms with Gasteiger partial charge in [0, 0.05) is 38.9 Å². The third-order valence-electron chi connectivity index (χ3n) is 6.98. The fraction of sp³-hybridized carbons (Fsp3) is 0.531. The second kappa shape index (κ2) is 16.1. The van der Waals surface area contributed by atoms with Crippen molar-refractivity contribution in [2.45, 2.75) is 57.8 Å². The number of nitrogens with one attached hydrogen (secondary N) is 2. The van der Waals surface area contributed by atoms with Crippen molar-refractivity contribution in [1.82, 2.24) is 15.5 Å². The lowest BCUT2D eigenvalue weighted by atomic mass is 9.93. The zero-order valence-electron chi connectivity index (χ0n) is 25.4. The van der Waals surface area contributed by atoms with Gasteiger partial charge in [0.1, 0.15) is 11.7 Å². The highest BCUT2D eigenvalue weighted by Gasteiger charge is 2.29. The van der Waals surface area contributed by atoms with Crippen molar-refractivity contribution in [3.05, 3.63) is 71.3 Å². The minimum Gasteiger partial charge on any atom is -0.453 e. The average molecular weight is 584 g/mol. The molecular formula is C32H45N3O7. The van der Waals surface area contributed by atoms with E-state index in [1.165, 1.54) is 7.11 Å². The van der Waals surface area contributed by atoms with Crippen LogP contribution in [0.4, 0.5) is 9.59 Å². The van der Waals surface area contributed by atoms with Gasteiger partial charge in [-0.05, 0) is 69.2 Å². The molecule has 2 aromatic rings. The van der Waals surface area contributed by atoms with Gasteiger partial charge in [-0.1, -0.05) is 42.5 Å². The summed E-state index contributed by atoms with van der Waals surface area (Å²) < 4.78 is 22.0. The van der Waals surface area contributed by atoms with Crippen LogP contribution in [0.25, 0.3) is 0 Å². The van der Waals surface area contributed by atoms with Crippen molar-refractivity contribution in [1.29, 1.82) is 0 Å². The topological polar surface area (TPSA) is 115 Å². The molecule has 1 heterocycles. The highest BCUT2D eigenvalue weighted by molar-refractivity contribution is 5.94. The second-order valence-electron chi connectivity index (χ2n) is 11.5. The molecule has 1 saturated heterocycles. The van der Waals surface area contributed by atoms with Crippen molar-refractivity contribution in [3.63, 3.8) is 0 Å². The van der Waals surface area contributed by atoms with Gasteiger partial charge in [-0.25, -0.2) is 9.59 Å². The summed E-state index contributed by atoms with van der Waals surface area (Å²) in [6, 6.07) is 16.7. The molecule has 3 atom stereocenters. The zero-order chi connectivity index (χ0) is 30.5. The van der Waals surface area contributed by atoms with E-state index >= 15 is 0 Å². The third kappa shape index (κ3) is 10.6. The van der Waals surface area contributed by atoms with E-state index in [1.54, 1.807) is 18.0 Å². The maximum absolute atomic E-state index is 13.4. The van der Waals surface area contributed by atoms with Crippen LogP contribution in [0.2, 0.25) is 0 Å². The number of benzene rings is 2. The molecule has 10 heteroatoms. The molecule has 0 aliphatic carbocycles. The summed E-state index contributed by atoms with van der Waals surface area (Å²) in [6.07, 6.45) is 1.29. The van der Waals surface area contributed by atoms with E-state index in [4.69, 9.17) is 14.2 Å². The third-order valence-corrected chi connectivity index (χ3v) is 6.98. The molecule has 1 fully saturated rings. The second-order valence-corrected chi connectivity index (χ2v) is 11.5. The average Bonchev–Trinajstić information content (AvgIpc) is 2.98. The molecule has 0 radical (unpaired) electrons. The van der Waals surface area contributed by atoms with Gasteiger partial charge in [0.05, 0.1) is 19.8 Å². The molecule has 3 amide bonds. The predicted molar refractivity (Wildman–Crippen MR) is 159 cm³/mol. The standard InChI is InChI=1S/C32H45N3O7/c1-32(2,3)42-31(38)35(4)27(19-23-11-10-17-40-22-23)21-34-29(36)26-15-9-14-25(20-26)28(24-12-7-6-8-13-24)41-18-16-33-30(37)39-5/h6-9,12-15,20,23,27-28H,10-11,16-19,21-22H2,1-5H3,(H,33,37)(H,34,36). The number of carbonyl (C=O) groups excluding carboxylic acids is 3. The van der Waals surface area contributed by atoms with Crippen molar-refractivity contribution in [3.8, 4) is 0 Å². The van der Waals surface area contributed by atoms with Crippen molar-refractivity contribution >= 4 is 18.1 Å². The van der Waals surface area contributed by atoms with Gasteiger partial charge in [-0.2, -0.15) is 0 Å². The van der Waals surface area contributed by atoms with Crippen LogP contribution in [0.15, 0.2) is 54.6 Å². The highest BCUT2D eigenvalue weighted by Crippen LogP contribution is 2.27. The first kappa shape index (κ1) is 32.9. The maximum atomic E-state index is 13.4. The maximum Gasteiger partial charge on any atom is 0.410 e. The molecule has 3 unspecified atom stereocenters. The molecule has 1 aliphatic rings. The van der Waals surface area contributed by atoms with Gasteiger partial charge in [0.2, 0.25) is 0 Å². The smallest absolute Gasteiger partial charge is 0.410 e. The lowest BCUT2D eigenvalue weighted by Crippen LogP contribution is -2.48. The summed E-state index contributed by atoms with van der Waals surface area (Å²) in [5.74, 6) is 0.0461. The van der Waals surface area contributed by atoms with Crippen LogP contribution >= 0.6 is 0 Å². The minimum atomic E-state index is -0.625. The summed E-state index contributed by atoms with van der Waals surface area (Å²) in [5, 5.41) is 5.64. The van der Waals surface area contributed by atoms with Gasteiger partial charge >= 0.3 is 12.2 Å². The van der Waals surface area contributed by atoms with Gasteiger partial charge in [-0.3, -0.25) is 4.79 Å². The monoisotopic (exact) mass is 583 g/mol. The number of likely N-dealkylation sites (N-methyl/N-ethyl adjacent to an activating group) is 1. The summed E-state index contributed by atoms with van der Waals surface area (Å²) in [6.45, 7) is 7.69. The largest absolute Gasteiger partial charge is 0.453 e. The Hall–Kier alpha value is -3.63. The van der Waals surface area contributed by atoms with E-state index in [1.807, 2.05) is 69.3 Å². The Morgan fingerprint density at radius 2 is 1.79 bits per heavy atom. The number of nitrogens with zero attached hydrogens (tertiary/aromatic N) is 1.